The lowest BCUT2D eigenvalue weighted by molar-refractivity contribution is -0.123. The smallest absolute Gasteiger partial charge is 0.405 e. The molecule has 0 bridgehead atoms. The first-order chi connectivity index (χ1) is 12.6. The zero-order chi connectivity index (χ0) is 19.7. The van der Waals surface area contributed by atoms with E-state index in [4.69, 9.17) is 9.47 Å². The number of ether oxygens (including phenoxy) is 2. The molecule has 1 aliphatic heterocycles. The van der Waals surface area contributed by atoms with Gasteiger partial charge in [-0.1, -0.05) is 0 Å². The second-order valence-corrected chi connectivity index (χ2v) is 7.18. The Kier molecular flexibility index (Phi) is 4.87. The molecule has 2 aromatic carbocycles. The van der Waals surface area contributed by atoms with Crippen molar-refractivity contribution in [3.05, 3.63) is 48.0 Å². The molecular formula is C16H13F3N2O5S. The van der Waals surface area contributed by atoms with E-state index < -0.39 is 28.7 Å². The molecule has 7 nitrogen and oxygen atoms in total. The van der Waals surface area contributed by atoms with Crippen molar-refractivity contribution in [2.75, 3.05) is 18.1 Å². The molecule has 0 atom stereocenters. The molecule has 0 saturated carbocycles. The van der Waals surface area contributed by atoms with Gasteiger partial charge in [-0.3, -0.25) is 9.52 Å². The third kappa shape index (κ3) is 4.61. The number of sulfonamides is 1. The third-order valence-corrected chi connectivity index (χ3v) is 4.90. The maximum absolute atomic E-state index is 12.4. The number of amides is 1. The summed E-state index contributed by atoms with van der Waals surface area (Å²) < 4.78 is 73.8. The minimum absolute atomic E-state index is 0.0450. The highest BCUT2D eigenvalue weighted by Crippen LogP contribution is 2.34. The van der Waals surface area contributed by atoms with Crippen molar-refractivity contribution in [3.63, 3.8) is 0 Å². The van der Waals surface area contributed by atoms with Gasteiger partial charge in [-0.05, 0) is 36.4 Å². The van der Waals surface area contributed by atoms with E-state index in [-0.39, 0.29) is 22.9 Å². The Labute approximate surface area is 152 Å². The van der Waals surface area contributed by atoms with E-state index in [0.717, 1.165) is 24.3 Å². The average molecular weight is 402 g/mol. The summed E-state index contributed by atoms with van der Waals surface area (Å²) in [6, 6.07) is 8.99. The normalized spacial score (nSPS) is 13.3. The molecule has 2 N–H and O–H groups in total. The van der Waals surface area contributed by atoms with Gasteiger partial charge in [0.15, 0.2) is 11.5 Å². The van der Waals surface area contributed by atoms with Gasteiger partial charge in [0.2, 0.25) is 6.79 Å². The summed E-state index contributed by atoms with van der Waals surface area (Å²) in [5, 5.41) is 1.71. The Hall–Kier alpha value is -2.95. The fourth-order valence-corrected chi connectivity index (χ4v) is 3.29. The molecule has 0 saturated heterocycles. The van der Waals surface area contributed by atoms with Crippen LogP contribution in [0.15, 0.2) is 47.4 Å². The van der Waals surface area contributed by atoms with Crippen LogP contribution in [0, 0.1) is 0 Å². The zero-order valence-electron chi connectivity index (χ0n) is 13.5. The van der Waals surface area contributed by atoms with Gasteiger partial charge in [-0.2, -0.15) is 13.2 Å². The summed E-state index contributed by atoms with van der Waals surface area (Å²) in [5.74, 6) is -0.0703. The Bertz CT molecular complexity index is 959. The van der Waals surface area contributed by atoms with Crippen molar-refractivity contribution < 1.29 is 35.9 Å². The van der Waals surface area contributed by atoms with Crippen LogP contribution in [0.25, 0.3) is 0 Å². The summed E-state index contributed by atoms with van der Waals surface area (Å²) in [7, 11) is -3.97. The van der Waals surface area contributed by atoms with Gasteiger partial charge < -0.3 is 14.8 Å². The summed E-state index contributed by atoms with van der Waals surface area (Å²) in [4.78, 5) is 11.5. The maximum atomic E-state index is 12.4. The first-order valence-electron chi connectivity index (χ1n) is 7.51. The zero-order valence-corrected chi connectivity index (χ0v) is 14.4. The molecular weight excluding hydrogens is 389 g/mol. The van der Waals surface area contributed by atoms with E-state index in [2.05, 4.69) is 4.72 Å². The molecule has 1 amide bonds. The Balaban J connectivity index is 1.71. The first-order valence-corrected chi connectivity index (χ1v) is 9.00. The van der Waals surface area contributed by atoms with Crippen molar-refractivity contribution in [3.8, 4) is 11.5 Å². The largest absolute Gasteiger partial charge is 0.454 e. The molecule has 144 valence electrons. The quantitative estimate of drug-likeness (QED) is 0.802. The Morgan fingerprint density at radius 1 is 1.04 bits per heavy atom. The predicted octanol–water partition coefficient (Wildman–Crippen LogP) is 2.51. The van der Waals surface area contributed by atoms with Gasteiger partial charge in [-0.25, -0.2) is 8.42 Å². The molecule has 0 radical (unpaired) electrons. The molecule has 0 aromatic heterocycles. The number of carbonyl (C=O) groups excluding carboxylic acids is 1. The summed E-state index contributed by atoms with van der Waals surface area (Å²) in [6.07, 6.45) is -4.53. The molecule has 0 spiro atoms. The Morgan fingerprint density at radius 3 is 2.37 bits per heavy atom. The van der Waals surface area contributed by atoms with Crippen LogP contribution >= 0.6 is 0 Å². The van der Waals surface area contributed by atoms with Crippen LogP contribution in [0.1, 0.15) is 10.4 Å². The average Bonchev–Trinajstić information content (AvgIpc) is 3.06. The standard InChI is InChI=1S/C16H13F3N2O5S/c17-16(18,19)8-20-15(22)10-1-4-12(5-2-10)27(23,24)21-11-3-6-13-14(7-11)26-9-25-13/h1-7,21H,8-9H2,(H,20,22). The van der Waals surface area contributed by atoms with Crippen LogP contribution in [0.4, 0.5) is 18.9 Å². The van der Waals surface area contributed by atoms with Gasteiger partial charge >= 0.3 is 6.18 Å². The molecule has 1 heterocycles. The SMILES string of the molecule is O=C(NCC(F)(F)F)c1ccc(S(=O)(=O)Nc2ccc3c(c2)OCO3)cc1. The van der Waals surface area contributed by atoms with Gasteiger partial charge in [-0.15, -0.1) is 0 Å². The number of nitrogens with one attached hydrogen (secondary N) is 2. The highest BCUT2D eigenvalue weighted by atomic mass is 32.2. The molecule has 0 aliphatic carbocycles. The van der Waals surface area contributed by atoms with E-state index >= 15 is 0 Å². The van der Waals surface area contributed by atoms with Gasteiger partial charge in [0.25, 0.3) is 15.9 Å². The minimum atomic E-state index is -4.53. The van der Waals surface area contributed by atoms with Crippen molar-refractivity contribution in [2.24, 2.45) is 0 Å². The van der Waals surface area contributed by atoms with E-state index in [1.807, 2.05) is 0 Å². The van der Waals surface area contributed by atoms with E-state index in [1.54, 1.807) is 11.4 Å². The number of carbonyl (C=O) groups is 1. The summed E-state index contributed by atoms with van der Waals surface area (Å²) in [5.41, 5.74) is 0.146. The number of benzene rings is 2. The summed E-state index contributed by atoms with van der Waals surface area (Å²) >= 11 is 0. The number of rotatable bonds is 5. The maximum Gasteiger partial charge on any atom is 0.405 e. The van der Waals surface area contributed by atoms with E-state index in [1.165, 1.54) is 12.1 Å². The van der Waals surface area contributed by atoms with Gasteiger partial charge in [0.05, 0.1) is 10.6 Å². The number of hydrogen-bond donors (Lipinski definition) is 2. The fourth-order valence-electron chi connectivity index (χ4n) is 2.24. The third-order valence-electron chi connectivity index (χ3n) is 3.50. The lowest BCUT2D eigenvalue weighted by atomic mass is 10.2. The van der Waals surface area contributed by atoms with Crippen molar-refractivity contribution in [1.29, 1.82) is 0 Å². The van der Waals surface area contributed by atoms with Gasteiger partial charge in [0, 0.05) is 11.6 Å². The lowest BCUT2D eigenvalue weighted by Crippen LogP contribution is -2.33. The van der Waals surface area contributed by atoms with E-state index in [0.29, 0.717) is 11.5 Å². The van der Waals surface area contributed by atoms with Crippen LogP contribution in [0.3, 0.4) is 0 Å². The Morgan fingerprint density at radius 2 is 1.70 bits per heavy atom. The van der Waals surface area contributed by atoms with Crippen LogP contribution < -0.4 is 19.5 Å². The monoisotopic (exact) mass is 402 g/mol. The van der Waals surface area contributed by atoms with E-state index in [9.17, 15) is 26.4 Å². The lowest BCUT2D eigenvalue weighted by Gasteiger charge is -2.10. The number of fused-ring (bicyclic) bond motifs is 1. The molecule has 2 aromatic rings. The topological polar surface area (TPSA) is 93.7 Å². The fraction of sp³-hybridized carbons (Fsp3) is 0.188. The van der Waals surface area contributed by atoms with Crippen molar-refractivity contribution in [1.82, 2.24) is 5.32 Å². The second-order valence-electron chi connectivity index (χ2n) is 5.50. The highest BCUT2D eigenvalue weighted by Gasteiger charge is 2.28. The minimum Gasteiger partial charge on any atom is -0.454 e. The van der Waals surface area contributed by atoms with Crippen LogP contribution in [0.2, 0.25) is 0 Å². The highest BCUT2D eigenvalue weighted by molar-refractivity contribution is 7.92. The summed E-state index contributed by atoms with van der Waals surface area (Å²) in [6.45, 7) is -1.43. The molecule has 27 heavy (non-hydrogen) atoms. The molecule has 0 unspecified atom stereocenters. The predicted molar refractivity (Wildman–Crippen MR) is 88.2 cm³/mol. The van der Waals surface area contributed by atoms with Crippen molar-refractivity contribution in [2.45, 2.75) is 11.1 Å². The molecule has 3 rings (SSSR count). The van der Waals surface area contributed by atoms with Gasteiger partial charge in [0.1, 0.15) is 6.54 Å². The second kappa shape index (κ2) is 6.99. The number of halogens is 3. The first kappa shape index (κ1) is 18.8. The molecule has 0 fully saturated rings. The molecule has 1 aliphatic rings. The number of anilines is 1. The van der Waals surface area contributed by atoms with Crippen LogP contribution in [-0.2, 0) is 10.0 Å². The number of alkyl halides is 3. The number of hydrogen-bond acceptors (Lipinski definition) is 5. The van der Waals surface area contributed by atoms with Crippen LogP contribution in [-0.4, -0.2) is 33.8 Å². The van der Waals surface area contributed by atoms with Crippen molar-refractivity contribution >= 4 is 21.6 Å². The molecule has 11 heteroatoms. The van der Waals surface area contributed by atoms with Crippen LogP contribution in [0.5, 0.6) is 11.5 Å².